The Labute approximate surface area is 147 Å². The van der Waals surface area contributed by atoms with Gasteiger partial charge in [0.1, 0.15) is 0 Å². The van der Waals surface area contributed by atoms with Crippen molar-refractivity contribution in [1.29, 1.82) is 0 Å². The molecule has 0 radical (unpaired) electrons. The van der Waals surface area contributed by atoms with E-state index in [1.54, 1.807) is 0 Å². The van der Waals surface area contributed by atoms with Crippen molar-refractivity contribution in [3.63, 3.8) is 0 Å². The van der Waals surface area contributed by atoms with E-state index < -0.39 is 0 Å². The lowest BCUT2D eigenvalue weighted by molar-refractivity contribution is 0.615. The second-order valence-electron chi connectivity index (χ2n) is 4.95. The highest BCUT2D eigenvalue weighted by atomic mass is 127. The average molecular weight is 425 g/mol. The summed E-state index contributed by atoms with van der Waals surface area (Å²) in [6.45, 7) is 3.00. The molecule has 0 aromatic carbocycles. The fourth-order valence-corrected chi connectivity index (χ4v) is 4.05. The predicted octanol–water partition coefficient (Wildman–Crippen LogP) is 3.62. The van der Waals surface area contributed by atoms with Gasteiger partial charge in [0.25, 0.3) is 0 Å². The molecule has 0 amide bonds. The van der Waals surface area contributed by atoms with Gasteiger partial charge < -0.3 is 10.6 Å². The summed E-state index contributed by atoms with van der Waals surface area (Å²) in [6.07, 6.45) is 6.03. The number of thiophene rings is 1. The first-order valence-electron chi connectivity index (χ1n) is 6.76. The second-order valence-corrected chi connectivity index (χ2v) is 7.46. The zero-order valence-electron chi connectivity index (χ0n) is 12.3. The van der Waals surface area contributed by atoms with Gasteiger partial charge in [-0.15, -0.1) is 35.3 Å². The molecule has 2 N–H and O–H groups in total. The van der Waals surface area contributed by atoms with E-state index >= 15 is 0 Å². The molecule has 20 heavy (non-hydrogen) atoms. The monoisotopic (exact) mass is 425 g/mol. The molecule has 2 rings (SSSR count). The van der Waals surface area contributed by atoms with Crippen molar-refractivity contribution >= 4 is 53.0 Å². The molecule has 3 nitrogen and oxygen atoms in total. The lowest BCUT2D eigenvalue weighted by atomic mass is 10.2. The van der Waals surface area contributed by atoms with Crippen LogP contribution in [0.3, 0.4) is 0 Å². The summed E-state index contributed by atoms with van der Waals surface area (Å²) in [5.74, 6) is 0.929. The fraction of sp³-hybridized carbons (Fsp3) is 0.643. The summed E-state index contributed by atoms with van der Waals surface area (Å²) in [5, 5.41) is 7.75. The topological polar surface area (TPSA) is 36.4 Å². The number of thioether (sulfide) groups is 1. The van der Waals surface area contributed by atoms with Crippen LogP contribution in [0, 0.1) is 6.92 Å². The molecule has 0 saturated heterocycles. The van der Waals surface area contributed by atoms with Crippen molar-refractivity contribution < 1.29 is 0 Å². The minimum Gasteiger partial charge on any atom is -0.354 e. The third kappa shape index (κ3) is 5.44. The molecule has 2 unspecified atom stereocenters. The minimum absolute atomic E-state index is 0. The molecule has 1 saturated carbocycles. The Bertz CT molecular complexity index is 434. The molecule has 0 bridgehead atoms. The van der Waals surface area contributed by atoms with Gasteiger partial charge >= 0.3 is 0 Å². The van der Waals surface area contributed by atoms with Crippen LogP contribution in [0.1, 0.15) is 29.0 Å². The van der Waals surface area contributed by atoms with Crippen LogP contribution in [0.4, 0.5) is 0 Å². The first kappa shape index (κ1) is 18.1. The normalized spacial score (nSPS) is 22.4. The highest BCUT2D eigenvalue weighted by molar-refractivity contribution is 14.0. The molecule has 0 spiro atoms. The predicted molar refractivity (Wildman–Crippen MR) is 103 cm³/mol. The number of rotatable bonds is 4. The Morgan fingerprint density at radius 1 is 1.45 bits per heavy atom. The van der Waals surface area contributed by atoms with Crippen LogP contribution < -0.4 is 10.6 Å². The summed E-state index contributed by atoms with van der Waals surface area (Å²) in [4.78, 5) is 7.03. The van der Waals surface area contributed by atoms with Crippen molar-refractivity contribution in [1.82, 2.24) is 10.6 Å². The Morgan fingerprint density at radius 2 is 2.25 bits per heavy atom. The quantitative estimate of drug-likeness (QED) is 0.440. The number of nitrogens with zero attached hydrogens (tertiary/aromatic N) is 1. The molecule has 0 aliphatic heterocycles. The number of nitrogens with one attached hydrogen (secondary N) is 2. The number of hydrogen-bond donors (Lipinski definition) is 2. The molecule has 6 heteroatoms. The first-order valence-corrected chi connectivity index (χ1v) is 8.87. The molecule has 1 fully saturated rings. The minimum atomic E-state index is 0. The van der Waals surface area contributed by atoms with E-state index in [4.69, 9.17) is 0 Å². The van der Waals surface area contributed by atoms with Gasteiger partial charge in [0, 0.05) is 28.1 Å². The first-order chi connectivity index (χ1) is 9.21. The summed E-state index contributed by atoms with van der Waals surface area (Å²) in [6, 6.07) is 4.92. The maximum Gasteiger partial charge on any atom is 0.191 e. The molecular weight excluding hydrogens is 401 g/mol. The van der Waals surface area contributed by atoms with Gasteiger partial charge in [-0.3, -0.25) is 4.99 Å². The lowest BCUT2D eigenvalue weighted by Crippen LogP contribution is -2.42. The van der Waals surface area contributed by atoms with E-state index in [1.807, 2.05) is 30.1 Å². The molecule has 2 atom stereocenters. The largest absolute Gasteiger partial charge is 0.354 e. The van der Waals surface area contributed by atoms with E-state index in [-0.39, 0.29) is 24.0 Å². The van der Waals surface area contributed by atoms with Crippen molar-refractivity contribution in [3.05, 3.63) is 21.9 Å². The summed E-state index contributed by atoms with van der Waals surface area (Å²) in [5.41, 5.74) is 0. The lowest BCUT2D eigenvalue weighted by Gasteiger charge is -2.17. The molecule has 1 heterocycles. The molecular formula is C14H24IN3S2. The highest BCUT2D eigenvalue weighted by Crippen LogP contribution is 2.28. The summed E-state index contributed by atoms with van der Waals surface area (Å²) < 4.78 is 0. The third-order valence-electron chi connectivity index (χ3n) is 3.51. The van der Waals surface area contributed by atoms with E-state index in [2.05, 4.69) is 40.9 Å². The molecule has 1 aromatic heterocycles. The van der Waals surface area contributed by atoms with Gasteiger partial charge in [0.2, 0.25) is 0 Å². The van der Waals surface area contributed by atoms with Gasteiger partial charge in [-0.1, -0.05) is 0 Å². The summed E-state index contributed by atoms with van der Waals surface area (Å²) >= 11 is 3.82. The van der Waals surface area contributed by atoms with E-state index in [0.717, 1.165) is 17.8 Å². The Hall–Kier alpha value is 0.0500. The SMILES string of the molecule is CN=C(NCc1ccc(C)s1)NC1CCC(SC)C1.I. The number of hydrogen-bond acceptors (Lipinski definition) is 3. The number of halogens is 1. The molecule has 1 aliphatic rings. The van der Waals surface area contributed by atoms with E-state index in [9.17, 15) is 0 Å². The number of aliphatic imine (C=N–C) groups is 1. The van der Waals surface area contributed by atoms with E-state index in [1.165, 1.54) is 29.0 Å². The van der Waals surface area contributed by atoms with Crippen LogP contribution in [-0.2, 0) is 6.54 Å². The highest BCUT2D eigenvalue weighted by Gasteiger charge is 2.24. The summed E-state index contributed by atoms with van der Waals surface area (Å²) in [7, 11) is 1.84. The van der Waals surface area contributed by atoms with Gasteiger partial charge in [-0.25, -0.2) is 0 Å². The van der Waals surface area contributed by atoms with Crippen LogP contribution in [0.15, 0.2) is 17.1 Å². The van der Waals surface area contributed by atoms with Crippen molar-refractivity contribution in [2.24, 2.45) is 4.99 Å². The Morgan fingerprint density at radius 3 is 2.80 bits per heavy atom. The molecule has 114 valence electrons. The molecule has 1 aromatic rings. The van der Waals surface area contributed by atoms with Gasteiger partial charge in [-0.2, -0.15) is 11.8 Å². The van der Waals surface area contributed by atoms with Gasteiger partial charge in [-0.05, 0) is 44.6 Å². The fourth-order valence-electron chi connectivity index (χ4n) is 2.42. The Kier molecular flexibility index (Phi) is 8.28. The van der Waals surface area contributed by atoms with E-state index in [0.29, 0.717) is 6.04 Å². The van der Waals surface area contributed by atoms with Crippen LogP contribution in [0.5, 0.6) is 0 Å². The number of aryl methyl sites for hydroxylation is 1. The van der Waals surface area contributed by atoms with Gasteiger partial charge in [0.05, 0.1) is 6.54 Å². The standard InChI is InChI=1S/C14H23N3S2.HI/c1-10-4-6-13(19-10)9-16-14(15-2)17-11-5-7-12(8-11)18-3;/h4,6,11-12H,5,7-9H2,1-3H3,(H2,15,16,17);1H. The van der Waals surface area contributed by atoms with Crippen LogP contribution in [0.2, 0.25) is 0 Å². The van der Waals surface area contributed by atoms with Crippen LogP contribution >= 0.6 is 47.1 Å². The van der Waals surface area contributed by atoms with Crippen molar-refractivity contribution in [3.8, 4) is 0 Å². The zero-order valence-corrected chi connectivity index (χ0v) is 16.3. The maximum atomic E-state index is 4.32. The molecule has 1 aliphatic carbocycles. The van der Waals surface area contributed by atoms with Gasteiger partial charge in [0.15, 0.2) is 5.96 Å². The third-order valence-corrected chi connectivity index (χ3v) is 5.60. The second kappa shape index (κ2) is 9.15. The Balaban J connectivity index is 0.00000200. The zero-order chi connectivity index (χ0) is 13.7. The number of guanidine groups is 1. The van der Waals surface area contributed by atoms with Crippen molar-refractivity contribution in [2.45, 2.75) is 44.0 Å². The van der Waals surface area contributed by atoms with Crippen molar-refractivity contribution in [2.75, 3.05) is 13.3 Å². The van der Waals surface area contributed by atoms with Crippen LogP contribution in [0.25, 0.3) is 0 Å². The van der Waals surface area contributed by atoms with Crippen LogP contribution in [-0.4, -0.2) is 30.6 Å². The smallest absolute Gasteiger partial charge is 0.191 e. The average Bonchev–Trinajstić information content (AvgIpc) is 3.03. The maximum absolute atomic E-state index is 4.32.